The first-order valence-electron chi connectivity index (χ1n) is 8.45. The number of hydrogen-bond acceptors (Lipinski definition) is 3. The van der Waals surface area contributed by atoms with Crippen molar-refractivity contribution in [3.8, 4) is 5.69 Å². The van der Waals surface area contributed by atoms with Gasteiger partial charge in [-0.15, -0.1) is 0 Å². The molecule has 5 nitrogen and oxygen atoms in total. The SMILES string of the molecule is CC(C)(C)c1nn(-c2ccccc2)cc1S(=O)(=O)NC1CCCC1. The van der Waals surface area contributed by atoms with E-state index in [2.05, 4.69) is 9.82 Å². The molecule has 0 spiro atoms. The Morgan fingerprint density at radius 3 is 2.33 bits per heavy atom. The van der Waals surface area contributed by atoms with Crippen LogP contribution in [0.1, 0.15) is 52.1 Å². The van der Waals surface area contributed by atoms with Crippen molar-refractivity contribution in [3.63, 3.8) is 0 Å². The summed E-state index contributed by atoms with van der Waals surface area (Å²) in [6.07, 6.45) is 5.63. The van der Waals surface area contributed by atoms with Gasteiger partial charge in [0.15, 0.2) is 0 Å². The predicted molar refractivity (Wildman–Crippen MR) is 94.8 cm³/mol. The zero-order valence-electron chi connectivity index (χ0n) is 14.5. The van der Waals surface area contributed by atoms with Crippen LogP contribution in [0.2, 0.25) is 0 Å². The van der Waals surface area contributed by atoms with Crippen LogP contribution in [0, 0.1) is 0 Å². The third-order valence-corrected chi connectivity index (χ3v) is 5.90. The maximum Gasteiger partial charge on any atom is 0.244 e. The summed E-state index contributed by atoms with van der Waals surface area (Å²) in [6.45, 7) is 5.96. The Labute approximate surface area is 144 Å². The molecule has 1 aromatic heterocycles. The van der Waals surface area contributed by atoms with Gasteiger partial charge < -0.3 is 0 Å². The van der Waals surface area contributed by atoms with Gasteiger partial charge in [-0.05, 0) is 25.0 Å². The van der Waals surface area contributed by atoms with Crippen molar-refractivity contribution in [1.29, 1.82) is 0 Å². The third-order valence-electron chi connectivity index (χ3n) is 4.38. The van der Waals surface area contributed by atoms with Gasteiger partial charge in [0.25, 0.3) is 0 Å². The second-order valence-corrected chi connectivity index (χ2v) is 9.16. The smallest absolute Gasteiger partial charge is 0.239 e. The second-order valence-electron chi connectivity index (χ2n) is 7.47. The largest absolute Gasteiger partial charge is 0.244 e. The van der Waals surface area contributed by atoms with Crippen molar-refractivity contribution in [1.82, 2.24) is 14.5 Å². The molecule has 1 aliphatic rings. The molecule has 130 valence electrons. The molecule has 0 radical (unpaired) electrons. The Bertz CT molecular complexity index is 799. The van der Waals surface area contributed by atoms with Gasteiger partial charge in [-0.3, -0.25) is 0 Å². The van der Waals surface area contributed by atoms with Gasteiger partial charge in [0.1, 0.15) is 4.90 Å². The van der Waals surface area contributed by atoms with E-state index < -0.39 is 10.0 Å². The molecule has 3 rings (SSSR count). The molecule has 0 aliphatic heterocycles. The maximum absolute atomic E-state index is 12.9. The lowest BCUT2D eigenvalue weighted by atomic mass is 9.92. The molecule has 1 saturated carbocycles. The zero-order valence-corrected chi connectivity index (χ0v) is 15.3. The molecule has 24 heavy (non-hydrogen) atoms. The highest BCUT2D eigenvalue weighted by Gasteiger charge is 2.32. The molecular weight excluding hydrogens is 322 g/mol. The number of nitrogens with one attached hydrogen (secondary N) is 1. The minimum absolute atomic E-state index is 0.0443. The monoisotopic (exact) mass is 347 g/mol. The lowest BCUT2D eigenvalue weighted by molar-refractivity contribution is 0.530. The van der Waals surface area contributed by atoms with Crippen molar-refractivity contribution in [2.45, 2.75) is 62.8 Å². The van der Waals surface area contributed by atoms with E-state index in [0.717, 1.165) is 31.4 Å². The van der Waals surface area contributed by atoms with E-state index in [-0.39, 0.29) is 16.4 Å². The van der Waals surface area contributed by atoms with Crippen LogP contribution >= 0.6 is 0 Å². The summed E-state index contributed by atoms with van der Waals surface area (Å²) in [6, 6.07) is 9.64. The number of hydrogen-bond donors (Lipinski definition) is 1. The van der Waals surface area contributed by atoms with Crippen molar-refractivity contribution in [2.75, 3.05) is 0 Å². The van der Waals surface area contributed by atoms with Gasteiger partial charge in [0, 0.05) is 11.5 Å². The first-order valence-corrected chi connectivity index (χ1v) is 9.93. The summed E-state index contributed by atoms with van der Waals surface area (Å²) >= 11 is 0. The molecule has 2 aromatic rings. The van der Waals surface area contributed by atoms with E-state index >= 15 is 0 Å². The average molecular weight is 347 g/mol. The molecule has 1 N–H and O–H groups in total. The minimum Gasteiger partial charge on any atom is -0.239 e. The highest BCUT2D eigenvalue weighted by atomic mass is 32.2. The third kappa shape index (κ3) is 3.54. The maximum atomic E-state index is 12.9. The molecule has 0 bridgehead atoms. The second kappa shape index (κ2) is 6.33. The van der Waals surface area contributed by atoms with E-state index in [9.17, 15) is 8.42 Å². The number of nitrogens with zero attached hydrogens (tertiary/aromatic N) is 2. The Hall–Kier alpha value is -1.66. The topological polar surface area (TPSA) is 64.0 Å². The van der Waals surface area contributed by atoms with Crippen LogP contribution in [0.4, 0.5) is 0 Å². The minimum atomic E-state index is -3.58. The Morgan fingerprint density at radius 2 is 1.75 bits per heavy atom. The molecule has 1 heterocycles. The molecule has 1 aromatic carbocycles. The molecule has 1 fully saturated rings. The lowest BCUT2D eigenvalue weighted by Crippen LogP contribution is -2.33. The summed E-state index contributed by atoms with van der Waals surface area (Å²) in [5, 5.41) is 4.59. The Kier molecular flexibility index (Phi) is 4.53. The van der Waals surface area contributed by atoms with Gasteiger partial charge in [0.05, 0.1) is 17.6 Å². The van der Waals surface area contributed by atoms with E-state index in [4.69, 9.17) is 0 Å². The van der Waals surface area contributed by atoms with Crippen molar-refractivity contribution >= 4 is 10.0 Å². The molecule has 0 amide bonds. The molecule has 0 unspecified atom stereocenters. The Morgan fingerprint density at radius 1 is 1.12 bits per heavy atom. The van der Waals surface area contributed by atoms with Gasteiger partial charge in [-0.1, -0.05) is 51.8 Å². The van der Waals surface area contributed by atoms with Crippen LogP contribution in [-0.4, -0.2) is 24.2 Å². The number of para-hydroxylation sites is 1. The summed E-state index contributed by atoms with van der Waals surface area (Å²) < 4.78 is 30.4. The first kappa shape index (κ1) is 17.2. The summed E-state index contributed by atoms with van der Waals surface area (Å²) in [7, 11) is -3.58. The molecular formula is C18H25N3O2S. The molecule has 0 atom stereocenters. The molecule has 6 heteroatoms. The molecule has 1 aliphatic carbocycles. The van der Waals surface area contributed by atoms with Crippen LogP contribution in [0.3, 0.4) is 0 Å². The quantitative estimate of drug-likeness (QED) is 0.922. The van der Waals surface area contributed by atoms with Crippen LogP contribution < -0.4 is 4.72 Å². The first-order chi connectivity index (χ1) is 11.3. The van der Waals surface area contributed by atoms with Crippen LogP contribution in [0.15, 0.2) is 41.4 Å². The van der Waals surface area contributed by atoms with Crippen LogP contribution in [0.25, 0.3) is 5.69 Å². The van der Waals surface area contributed by atoms with E-state index in [1.807, 2.05) is 51.1 Å². The summed E-state index contributed by atoms with van der Waals surface area (Å²) in [5.74, 6) is 0. The van der Waals surface area contributed by atoms with Gasteiger partial charge in [0.2, 0.25) is 10.0 Å². The summed E-state index contributed by atoms with van der Waals surface area (Å²) in [5.41, 5.74) is 1.09. The lowest BCUT2D eigenvalue weighted by Gasteiger charge is -2.19. The Balaban J connectivity index is 2.03. The highest BCUT2D eigenvalue weighted by molar-refractivity contribution is 7.89. The molecule has 0 saturated heterocycles. The zero-order chi connectivity index (χ0) is 17.4. The van der Waals surface area contributed by atoms with Gasteiger partial charge in [-0.25, -0.2) is 17.8 Å². The predicted octanol–water partition coefficient (Wildman–Crippen LogP) is 3.39. The van der Waals surface area contributed by atoms with Gasteiger partial charge in [-0.2, -0.15) is 5.10 Å². The van der Waals surface area contributed by atoms with Crippen molar-refractivity contribution in [3.05, 3.63) is 42.2 Å². The fourth-order valence-electron chi connectivity index (χ4n) is 3.11. The number of sulfonamides is 1. The van der Waals surface area contributed by atoms with Crippen molar-refractivity contribution < 1.29 is 8.42 Å². The van der Waals surface area contributed by atoms with Crippen LogP contribution in [0.5, 0.6) is 0 Å². The fraction of sp³-hybridized carbons (Fsp3) is 0.500. The van der Waals surface area contributed by atoms with E-state index in [0.29, 0.717) is 5.69 Å². The normalized spacial score (nSPS) is 16.6. The highest BCUT2D eigenvalue weighted by Crippen LogP contribution is 2.29. The van der Waals surface area contributed by atoms with Crippen LogP contribution in [-0.2, 0) is 15.4 Å². The number of benzene rings is 1. The van der Waals surface area contributed by atoms with E-state index in [1.165, 1.54) is 0 Å². The van der Waals surface area contributed by atoms with Gasteiger partial charge >= 0.3 is 0 Å². The fourth-order valence-corrected chi connectivity index (χ4v) is 4.76. The average Bonchev–Trinajstić information content (AvgIpc) is 3.16. The summed E-state index contributed by atoms with van der Waals surface area (Å²) in [4.78, 5) is 0.283. The number of rotatable bonds is 4. The van der Waals surface area contributed by atoms with E-state index in [1.54, 1.807) is 10.9 Å². The number of aromatic nitrogens is 2. The standard InChI is InChI=1S/C18H25N3O2S/c1-18(2,3)17-16(24(22,23)20-14-9-7-8-10-14)13-21(19-17)15-11-5-4-6-12-15/h4-6,11-14,20H,7-10H2,1-3H3. The van der Waals surface area contributed by atoms with Crippen molar-refractivity contribution in [2.24, 2.45) is 0 Å².